The Labute approximate surface area is 110 Å². The summed E-state index contributed by atoms with van der Waals surface area (Å²) < 4.78 is 6.03. The van der Waals surface area contributed by atoms with E-state index in [0.717, 1.165) is 5.75 Å². The highest BCUT2D eigenvalue weighted by molar-refractivity contribution is 5.27. The predicted octanol–water partition coefficient (Wildman–Crippen LogP) is 3.71. The second-order valence-electron chi connectivity index (χ2n) is 5.43. The van der Waals surface area contributed by atoms with Gasteiger partial charge >= 0.3 is 0 Å². The van der Waals surface area contributed by atoms with Crippen molar-refractivity contribution >= 4 is 0 Å². The second kappa shape index (κ2) is 6.79. The molecule has 0 bridgehead atoms. The van der Waals surface area contributed by atoms with E-state index < -0.39 is 0 Å². The van der Waals surface area contributed by atoms with Gasteiger partial charge in [-0.15, -0.1) is 0 Å². The number of aliphatic hydroxyl groups is 1. The van der Waals surface area contributed by atoms with Crippen LogP contribution in [-0.2, 0) is 6.42 Å². The van der Waals surface area contributed by atoms with Crippen LogP contribution in [0.25, 0.3) is 0 Å². The summed E-state index contributed by atoms with van der Waals surface area (Å²) in [6, 6.07) is 8.17. The molecule has 2 nitrogen and oxygen atoms in total. The Hall–Kier alpha value is -1.02. The van der Waals surface area contributed by atoms with Gasteiger partial charge in [0.2, 0.25) is 0 Å². The van der Waals surface area contributed by atoms with Crippen molar-refractivity contribution in [1.82, 2.24) is 0 Å². The molecule has 1 N–H and O–H groups in total. The minimum Gasteiger partial charge on any atom is -0.490 e. The van der Waals surface area contributed by atoms with Crippen LogP contribution in [0, 0.1) is 0 Å². The van der Waals surface area contributed by atoms with E-state index in [-0.39, 0.29) is 6.10 Å². The monoisotopic (exact) mass is 248 g/mol. The second-order valence-corrected chi connectivity index (χ2v) is 5.43. The van der Waals surface area contributed by atoms with Crippen LogP contribution in [0.1, 0.15) is 51.0 Å². The van der Waals surface area contributed by atoms with Crippen molar-refractivity contribution in [3.63, 3.8) is 0 Å². The Balaban J connectivity index is 1.88. The molecule has 2 heteroatoms. The van der Waals surface area contributed by atoms with Gasteiger partial charge in [-0.05, 0) is 56.7 Å². The largest absolute Gasteiger partial charge is 0.490 e. The number of hydrogen-bond donors (Lipinski definition) is 1. The first-order valence-corrected chi connectivity index (χ1v) is 7.18. The summed E-state index contributed by atoms with van der Waals surface area (Å²) in [4.78, 5) is 0. The Morgan fingerprint density at radius 1 is 1.11 bits per heavy atom. The van der Waals surface area contributed by atoms with Gasteiger partial charge in [0, 0.05) is 0 Å². The molecule has 100 valence electrons. The van der Waals surface area contributed by atoms with Crippen LogP contribution in [-0.4, -0.2) is 17.3 Å². The molecule has 0 heterocycles. The summed E-state index contributed by atoms with van der Waals surface area (Å²) in [5.41, 5.74) is 1.17. The molecule has 0 aliphatic heterocycles. The molecule has 1 aliphatic carbocycles. The zero-order chi connectivity index (χ0) is 12.8. The van der Waals surface area contributed by atoms with E-state index in [2.05, 4.69) is 12.1 Å². The van der Waals surface area contributed by atoms with E-state index in [0.29, 0.717) is 12.5 Å². The van der Waals surface area contributed by atoms with Crippen LogP contribution in [0.2, 0.25) is 0 Å². The van der Waals surface area contributed by atoms with Crippen molar-refractivity contribution in [2.24, 2.45) is 0 Å². The Bertz CT molecular complexity index is 335. The molecule has 0 spiro atoms. The lowest BCUT2D eigenvalue weighted by molar-refractivity contribution is 0.183. The fraction of sp³-hybridized carbons (Fsp3) is 0.625. The SMILES string of the molecule is CC(O)Cc1ccc(OC2CCCCCC2)cc1. The molecule has 1 aromatic rings. The first kappa shape index (κ1) is 13.4. The smallest absolute Gasteiger partial charge is 0.119 e. The first-order chi connectivity index (χ1) is 8.74. The third-order valence-corrected chi connectivity index (χ3v) is 3.56. The van der Waals surface area contributed by atoms with Crippen LogP contribution >= 0.6 is 0 Å². The Morgan fingerprint density at radius 2 is 1.72 bits per heavy atom. The minimum atomic E-state index is -0.279. The molecule has 1 fully saturated rings. The highest BCUT2D eigenvalue weighted by Gasteiger charge is 2.13. The molecule has 1 aliphatic rings. The number of aliphatic hydroxyl groups excluding tert-OH is 1. The van der Waals surface area contributed by atoms with Crippen molar-refractivity contribution in [3.8, 4) is 5.75 Å². The standard InChI is InChI=1S/C16H24O2/c1-13(17)12-14-8-10-16(11-9-14)18-15-6-4-2-3-5-7-15/h8-11,13,15,17H,2-7,12H2,1H3. The number of ether oxygens (including phenoxy) is 1. The van der Waals surface area contributed by atoms with Crippen LogP contribution in [0.15, 0.2) is 24.3 Å². The summed E-state index contributed by atoms with van der Waals surface area (Å²) in [6.07, 6.45) is 8.51. The molecule has 1 atom stereocenters. The van der Waals surface area contributed by atoms with Crippen LogP contribution in [0.4, 0.5) is 0 Å². The average molecular weight is 248 g/mol. The van der Waals surface area contributed by atoms with Gasteiger partial charge in [0.15, 0.2) is 0 Å². The molecule has 18 heavy (non-hydrogen) atoms. The third kappa shape index (κ3) is 4.34. The van der Waals surface area contributed by atoms with Crippen LogP contribution < -0.4 is 4.74 Å². The zero-order valence-electron chi connectivity index (χ0n) is 11.3. The molecule has 1 aromatic carbocycles. The molecule has 2 rings (SSSR count). The van der Waals surface area contributed by atoms with Crippen molar-refractivity contribution in [1.29, 1.82) is 0 Å². The Morgan fingerprint density at radius 3 is 2.28 bits per heavy atom. The van der Waals surface area contributed by atoms with Crippen LogP contribution in [0.3, 0.4) is 0 Å². The average Bonchev–Trinajstić information content (AvgIpc) is 2.60. The fourth-order valence-electron chi connectivity index (χ4n) is 2.60. The molecular weight excluding hydrogens is 224 g/mol. The van der Waals surface area contributed by atoms with E-state index in [1.165, 1.54) is 44.1 Å². The maximum Gasteiger partial charge on any atom is 0.119 e. The lowest BCUT2D eigenvalue weighted by Gasteiger charge is -2.17. The summed E-state index contributed by atoms with van der Waals surface area (Å²) in [7, 11) is 0. The number of hydrogen-bond acceptors (Lipinski definition) is 2. The van der Waals surface area contributed by atoms with Crippen molar-refractivity contribution in [2.45, 2.75) is 64.1 Å². The molecule has 1 unspecified atom stereocenters. The van der Waals surface area contributed by atoms with Crippen molar-refractivity contribution in [3.05, 3.63) is 29.8 Å². The summed E-state index contributed by atoms with van der Waals surface area (Å²) in [6.45, 7) is 1.82. The van der Waals surface area contributed by atoms with Crippen molar-refractivity contribution < 1.29 is 9.84 Å². The van der Waals surface area contributed by atoms with E-state index >= 15 is 0 Å². The van der Waals surface area contributed by atoms with Crippen LogP contribution in [0.5, 0.6) is 5.75 Å². The van der Waals surface area contributed by atoms with E-state index in [1.807, 2.05) is 19.1 Å². The number of benzene rings is 1. The summed E-state index contributed by atoms with van der Waals surface area (Å²) >= 11 is 0. The first-order valence-electron chi connectivity index (χ1n) is 7.18. The lowest BCUT2D eigenvalue weighted by atomic mass is 10.1. The minimum absolute atomic E-state index is 0.279. The maximum absolute atomic E-state index is 9.34. The normalized spacial score (nSPS) is 19.2. The predicted molar refractivity (Wildman–Crippen MR) is 73.9 cm³/mol. The molecule has 0 aromatic heterocycles. The molecular formula is C16H24O2. The third-order valence-electron chi connectivity index (χ3n) is 3.56. The molecule has 0 saturated heterocycles. The lowest BCUT2D eigenvalue weighted by Crippen LogP contribution is -2.15. The van der Waals surface area contributed by atoms with E-state index in [4.69, 9.17) is 4.74 Å². The quantitative estimate of drug-likeness (QED) is 0.823. The summed E-state index contributed by atoms with van der Waals surface area (Å²) in [5, 5.41) is 9.34. The highest BCUT2D eigenvalue weighted by Crippen LogP contribution is 2.23. The van der Waals surface area contributed by atoms with Gasteiger partial charge in [0.1, 0.15) is 5.75 Å². The summed E-state index contributed by atoms with van der Waals surface area (Å²) in [5.74, 6) is 0.969. The maximum atomic E-state index is 9.34. The highest BCUT2D eigenvalue weighted by atomic mass is 16.5. The molecule has 1 saturated carbocycles. The van der Waals surface area contributed by atoms with Gasteiger partial charge in [-0.2, -0.15) is 0 Å². The topological polar surface area (TPSA) is 29.5 Å². The fourth-order valence-corrected chi connectivity index (χ4v) is 2.60. The van der Waals surface area contributed by atoms with Gasteiger partial charge in [-0.25, -0.2) is 0 Å². The van der Waals surface area contributed by atoms with E-state index in [1.54, 1.807) is 0 Å². The van der Waals surface area contributed by atoms with Crippen molar-refractivity contribution in [2.75, 3.05) is 0 Å². The van der Waals surface area contributed by atoms with Gasteiger partial charge in [-0.3, -0.25) is 0 Å². The van der Waals surface area contributed by atoms with Gasteiger partial charge < -0.3 is 9.84 Å². The molecule has 0 radical (unpaired) electrons. The van der Waals surface area contributed by atoms with Gasteiger partial charge in [0.25, 0.3) is 0 Å². The van der Waals surface area contributed by atoms with Gasteiger partial charge in [0.05, 0.1) is 12.2 Å². The van der Waals surface area contributed by atoms with Gasteiger partial charge in [-0.1, -0.05) is 25.0 Å². The zero-order valence-corrected chi connectivity index (χ0v) is 11.3. The Kier molecular flexibility index (Phi) is 5.06. The molecule has 0 amide bonds. The van der Waals surface area contributed by atoms with E-state index in [9.17, 15) is 5.11 Å². The number of rotatable bonds is 4.